The van der Waals surface area contributed by atoms with E-state index < -0.39 is 7.25 Å². The lowest BCUT2D eigenvalue weighted by atomic mass is 10.3. The molecule has 0 atom stereocenters. The fourth-order valence-corrected chi connectivity index (χ4v) is 1.11. The average molecular weight is 239 g/mol. The number of nitrogens with zero attached hydrogens (tertiary/aromatic N) is 2. The Bertz CT molecular complexity index is 224. The van der Waals surface area contributed by atoms with Crippen LogP contribution in [0.25, 0.3) is 0 Å². The molecule has 2 nitrogen and oxygen atoms in total. The van der Waals surface area contributed by atoms with Gasteiger partial charge in [0, 0.05) is 18.9 Å². The minimum Gasteiger partial charge on any atom is -0.418 e. The maximum Gasteiger partial charge on any atom is 0.673 e. The standard InChI is InChI=1S/C9H16N2.BF4/c1-3-5-6-11-8-7-10(4-2)9-11;2-1(3,4)5/h4,7-8H,2-3,5-6,9H2,1H3;/q;-1. The molecule has 0 radical (unpaired) electrons. The van der Waals surface area contributed by atoms with E-state index in [1.165, 1.54) is 12.8 Å². The molecule has 0 aliphatic carbocycles. The molecule has 0 aromatic carbocycles. The van der Waals surface area contributed by atoms with Gasteiger partial charge in [0.2, 0.25) is 0 Å². The van der Waals surface area contributed by atoms with Crippen molar-refractivity contribution in [1.82, 2.24) is 9.80 Å². The molecule has 0 fully saturated rings. The van der Waals surface area contributed by atoms with Crippen LogP contribution in [0.15, 0.2) is 25.2 Å². The molecular formula is C9H16BF4N2-. The highest BCUT2D eigenvalue weighted by molar-refractivity contribution is 6.50. The molecule has 16 heavy (non-hydrogen) atoms. The highest BCUT2D eigenvalue weighted by Crippen LogP contribution is 2.07. The smallest absolute Gasteiger partial charge is 0.418 e. The van der Waals surface area contributed by atoms with E-state index in [1.54, 1.807) is 0 Å². The Labute approximate surface area is 93.3 Å². The first-order valence-corrected chi connectivity index (χ1v) is 5.04. The summed E-state index contributed by atoms with van der Waals surface area (Å²) in [6.45, 7) is 8.06. The summed E-state index contributed by atoms with van der Waals surface area (Å²) in [6, 6.07) is 0. The summed E-state index contributed by atoms with van der Waals surface area (Å²) in [6.07, 6.45) is 8.57. The third kappa shape index (κ3) is 9.42. The molecule has 1 rings (SSSR count). The van der Waals surface area contributed by atoms with E-state index in [9.17, 15) is 17.3 Å². The second-order valence-electron chi connectivity index (χ2n) is 3.30. The first-order chi connectivity index (χ1) is 7.36. The van der Waals surface area contributed by atoms with Gasteiger partial charge in [0.1, 0.15) is 0 Å². The molecule has 0 aromatic rings. The van der Waals surface area contributed by atoms with Gasteiger partial charge >= 0.3 is 7.25 Å². The van der Waals surface area contributed by atoms with Crippen LogP contribution in [0.1, 0.15) is 19.8 Å². The fraction of sp³-hybridized carbons (Fsp3) is 0.556. The van der Waals surface area contributed by atoms with Crippen molar-refractivity contribution in [3.8, 4) is 0 Å². The number of rotatable bonds is 4. The van der Waals surface area contributed by atoms with Crippen molar-refractivity contribution >= 4 is 7.25 Å². The zero-order valence-corrected chi connectivity index (χ0v) is 9.25. The Morgan fingerprint density at radius 3 is 2.25 bits per heavy atom. The zero-order chi connectivity index (χ0) is 12.6. The largest absolute Gasteiger partial charge is 0.673 e. The van der Waals surface area contributed by atoms with Crippen LogP contribution in [0.5, 0.6) is 0 Å². The van der Waals surface area contributed by atoms with Crippen LogP contribution in [-0.2, 0) is 0 Å². The summed E-state index contributed by atoms with van der Waals surface area (Å²) in [5.41, 5.74) is 0. The second-order valence-corrected chi connectivity index (χ2v) is 3.30. The quantitative estimate of drug-likeness (QED) is 0.548. The Hall–Kier alpha value is -1.14. The topological polar surface area (TPSA) is 6.48 Å². The Morgan fingerprint density at radius 1 is 1.31 bits per heavy atom. The predicted molar refractivity (Wildman–Crippen MR) is 57.8 cm³/mol. The maximum atomic E-state index is 9.75. The average Bonchev–Trinajstić information content (AvgIpc) is 2.59. The SMILES string of the molecule is C=CN1C=CN(CCCC)C1.F[B-](F)(F)F. The molecule has 7 heteroatoms. The number of hydrogen-bond acceptors (Lipinski definition) is 2. The summed E-state index contributed by atoms with van der Waals surface area (Å²) in [7, 11) is -6.00. The lowest BCUT2D eigenvalue weighted by molar-refractivity contribution is 0.310. The van der Waals surface area contributed by atoms with Gasteiger partial charge in [-0.15, -0.1) is 0 Å². The van der Waals surface area contributed by atoms with E-state index >= 15 is 0 Å². The summed E-state index contributed by atoms with van der Waals surface area (Å²) in [5, 5.41) is 0. The molecule has 0 unspecified atom stereocenters. The molecule has 1 heterocycles. The zero-order valence-electron chi connectivity index (χ0n) is 9.25. The molecule has 1 aliphatic rings. The predicted octanol–water partition coefficient (Wildman–Crippen LogP) is 3.28. The molecule has 0 saturated heterocycles. The summed E-state index contributed by atoms with van der Waals surface area (Å²) < 4.78 is 39.0. The molecule has 0 bridgehead atoms. The molecule has 94 valence electrons. The van der Waals surface area contributed by atoms with Crippen LogP contribution in [-0.4, -0.2) is 30.3 Å². The van der Waals surface area contributed by atoms with Crippen molar-refractivity contribution in [2.24, 2.45) is 0 Å². The minimum absolute atomic E-state index is 0.976. The van der Waals surface area contributed by atoms with Crippen molar-refractivity contribution in [3.05, 3.63) is 25.2 Å². The molecule has 0 saturated carbocycles. The normalized spacial score (nSPS) is 14.8. The van der Waals surface area contributed by atoms with Gasteiger partial charge in [-0.3, -0.25) is 0 Å². The van der Waals surface area contributed by atoms with Crippen molar-refractivity contribution in [2.45, 2.75) is 19.8 Å². The third-order valence-electron chi connectivity index (χ3n) is 1.85. The number of hydrogen-bond donors (Lipinski definition) is 0. The van der Waals surface area contributed by atoms with E-state index in [4.69, 9.17) is 0 Å². The number of halogens is 4. The van der Waals surface area contributed by atoms with Gasteiger partial charge in [-0.2, -0.15) is 0 Å². The fourth-order valence-electron chi connectivity index (χ4n) is 1.11. The highest BCUT2D eigenvalue weighted by atomic mass is 19.5. The molecule has 0 spiro atoms. The van der Waals surface area contributed by atoms with Crippen molar-refractivity contribution in [3.63, 3.8) is 0 Å². The molecule has 0 amide bonds. The van der Waals surface area contributed by atoms with E-state index in [-0.39, 0.29) is 0 Å². The Kier molecular flexibility index (Phi) is 6.68. The van der Waals surface area contributed by atoms with Crippen molar-refractivity contribution in [2.75, 3.05) is 13.2 Å². The lowest BCUT2D eigenvalue weighted by Crippen LogP contribution is -2.22. The van der Waals surface area contributed by atoms with Gasteiger partial charge in [0.25, 0.3) is 0 Å². The van der Waals surface area contributed by atoms with Gasteiger partial charge in [-0.05, 0) is 12.6 Å². The van der Waals surface area contributed by atoms with E-state index in [0.29, 0.717) is 0 Å². The summed E-state index contributed by atoms with van der Waals surface area (Å²) in [4.78, 5) is 4.38. The van der Waals surface area contributed by atoms with Gasteiger partial charge in [0.05, 0.1) is 6.67 Å². The highest BCUT2D eigenvalue weighted by Gasteiger charge is 2.20. The second kappa shape index (κ2) is 7.19. The monoisotopic (exact) mass is 239 g/mol. The Balaban J connectivity index is 0.000000385. The van der Waals surface area contributed by atoms with Gasteiger partial charge in [-0.25, -0.2) is 0 Å². The maximum absolute atomic E-state index is 9.75. The minimum atomic E-state index is -6.00. The molecule has 0 N–H and O–H groups in total. The lowest BCUT2D eigenvalue weighted by Gasteiger charge is -2.17. The Morgan fingerprint density at radius 2 is 1.88 bits per heavy atom. The van der Waals surface area contributed by atoms with Gasteiger partial charge < -0.3 is 27.1 Å². The first-order valence-electron chi connectivity index (χ1n) is 5.04. The van der Waals surface area contributed by atoms with Crippen LogP contribution >= 0.6 is 0 Å². The summed E-state index contributed by atoms with van der Waals surface area (Å²) >= 11 is 0. The van der Waals surface area contributed by atoms with Gasteiger partial charge in [0.15, 0.2) is 0 Å². The van der Waals surface area contributed by atoms with Crippen LogP contribution in [0.2, 0.25) is 0 Å². The van der Waals surface area contributed by atoms with Gasteiger partial charge in [-0.1, -0.05) is 19.9 Å². The van der Waals surface area contributed by atoms with E-state index in [0.717, 1.165) is 13.2 Å². The van der Waals surface area contributed by atoms with Crippen LogP contribution in [0, 0.1) is 0 Å². The van der Waals surface area contributed by atoms with Crippen LogP contribution < -0.4 is 0 Å². The molecule has 0 aromatic heterocycles. The number of unbranched alkanes of at least 4 members (excludes halogenated alkanes) is 1. The van der Waals surface area contributed by atoms with Crippen molar-refractivity contribution in [1.29, 1.82) is 0 Å². The van der Waals surface area contributed by atoms with Crippen LogP contribution in [0.3, 0.4) is 0 Å². The molecule has 1 aliphatic heterocycles. The van der Waals surface area contributed by atoms with E-state index in [1.807, 2.05) is 6.20 Å². The molecular weight excluding hydrogens is 223 g/mol. The summed E-state index contributed by atoms with van der Waals surface area (Å²) in [5.74, 6) is 0. The van der Waals surface area contributed by atoms with E-state index in [2.05, 4.69) is 35.7 Å². The van der Waals surface area contributed by atoms with Crippen LogP contribution in [0.4, 0.5) is 17.3 Å². The third-order valence-corrected chi connectivity index (χ3v) is 1.85. The first kappa shape index (κ1) is 14.9. The van der Waals surface area contributed by atoms with Crippen molar-refractivity contribution < 1.29 is 17.3 Å².